The van der Waals surface area contributed by atoms with E-state index in [2.05, 4.69) is 4.98 Å². The van der Waals surface area contributed by atoms with Crippen LogP contribution in [0.15, 0.2) is 12.3 Å². The fourth-order valence-electron chi connectivity index (χ4n) is 1.24. The summed E-state index contributed by atoms with van der Waals surface area (Å²) in [6, 6.07) is 2.92. The summed E-state index contributed by atoms with van der Waals surface area (Å²) in [6.45, 7) is 1.28. The van der Waals surface area contributed by atoms with Crippen molar-refractivity contribution < 1.29 is 13.2 Å². The molecule has 2 nitrogen and oxygen atoms in total. The highest BCUT2D eigenvalue weighted by molar-refractivity contribution is 5.33. The lowest BCUT2D eigenvalue weighted by atomic mass is 10.0. The van der Waals surface area contributed by atoms with Crippen LogP contribution in [0.3, 0.4) is 0 Å². The van der Waals surface area contributed by atoms with Crippen LogP contribution >= 0.6 is 0 Å². The van der Waals surface area contributed by atoms with Crippen LogP contribution in [-0.4, -0.2) is 4.98 Å². The molecule has 1 aromatic rings. The zero-order chi connectivity index (χ0) is 10.8. The summed E-state index contributed by atoms with van der Waals surface area (Å²) in [5.41, 5.74) is -0.903. The number of alkyl halides is 3. The Bertz CT molecular complexity index is 377. The number of aryl methyl sites for hydroxylation is 1. The molecule has 0 unspecified atom stereocenters. The molecule has 74 valence electrons. The summed E-state index contributed by atoms with van der Waals surface area (Å²) in [5, 5.41) is 8.36. The van der Waals surface area contributed by atoms with Gasteiger partial charge in [-0.1, -0.05) is 0 Å². The van der Waals surface area contributed by atoms with Crippen LogP contribution < -0.4 is 0 Å². The van der Waals surface area contributed by atoms with Gasteiger partial charge < -0.3 is 0 Å². The maximum atomic E-state index is 12.5. The highest BCUT2D eigenvalue weighted by Gasteiger charge is 2.35. The van der Waals surface area contributed by atoms with Crippen molar-refractivity contribution >= 4 is 0 Å². The van der Waals surface area contributed by atoms with Gasteiger partial charge in [-0.05, 0) is 18.6 Å². The van der Waals surface area contributed by atoms with Crippen molar-refractivity contribution in [2.75, 3.05) is 0 Å². The molecule has 0 aromatic carbocycles. The molecule has 1 rings (SSSR count). The summed E-state index contributed by atoms with van der Waals surface area (Å²) in [6.07, 6.45) is -3.42. The predicted molar refractivity (Wildman–Crippen MR) is 43.3 cm³/mol. The van der Waals surface area contributed by atoms with E-state index < -0.39 is 11.7 Å². The third-order valence-electron chi connectivity index (χ3n) is 1.78. The Labute approximate surface area is 79.0 Å². The number of hydrogen-bond acceptors (Lipinski definition) is 2. The summed E-state index contributed by atoms with van der Waals surface area (Å²) in [7, 11) is 0. The van der Waals surface area contributed by atoms with E-state index in [-0.39, 0.29) is 17.7 Å². The van der Waals surface area contributed by atoms with Gasteiger partial charge in [0.2, 0.25) is 0 Å². The van der Waals surface area contributed by atoms with Gasteiger partial charge in [0.05, 0.1) is 18.1 Å². The van der Waals surface area contributed by atoms with E-state index in [1.54, 1.807) is 6.07 Å². The summed E-state index contributed by atoms with van der Waals surface area (Å²) in [4.78, 5) is 3.56. The Hall–Kier alpha value is -1.57. The first kappa shape index (κ1) is 10.5. The van der Waals surface area contributed by atoms with Gasteiger partial charge in [-0.3, -0.25) is 4.98 Å². The largest absolute Gasteiger partial charge is 0.418 e. The molecule has 0 atom stereocenters. The first-order valence-corrected chi connectivity index (χ1v) is 3.85. The summed E-state index contributed by atoms with van der Waals surface area (Å²) >= 11 is 0. The average molecular weight is 200 g/mol. The second-order valence-electron chi connectivity index (χ2n) is 2.76. The van der Waals surface area contributed by atoms with Crippen molar-refractivity contribution in [1.82, 2.24) is 4.98 Å². The fraction of sp³-hybridized carbons (Fsp3) is 0.333. The number of halogens is 3. The third kappa shape index (κ3) is 2.02. The summed E-state index contributed by atoms with van der Waals surface area (Å²) in [5.74, 6) is 0. The van der Waals surface area contributed by atoms with Crippen molar-refractivity contribution in [3.63, 3.8) is 0 Å². The molecule has 0 spiro atoms. The number of rotatable bonds is 1. The maximum Gasteiger partial charge on any atom is 0.418 e. The zero-order valence-corrected chi connectivity index (χ0v) is 7.39. The molecule has 0 fully saturated rings. The van der Waals surface area contributed by atoms with Crippen LogP contribution in [0.4, 0.5) is 13.2 Å². The second kappa shape index (κ2) is 3.66. The Morgan fingerprint density at radius 2 is 2.14 bits per heavy atom. The molecular weight excluding hydrogens is 193 g/mol. The SMILES string of the molecule is Cc1nccc(CC#N)c1C(F)(F)F. The van der Waals surface area contributed by atoms with Gasteiger partial charge in [-0.15, -0.1) is 0 Å². The van der Waals surface area contributed by atoms with E-state index in [4.69, 9.17) is 5.26 Å². The minimum Gasteiger partial charge on any atom is -0.261 e. The predicted octanol–water partition coefficient (Wildman–Crippen LogP) is 2.47. The molecule has 0 N–H and O–H groups in total. The van der Waals surface area contributed by atoms with Crippen LogP contribution in [0.5, 0.6) is 0 Å². The van der Waals surface area contributed by atoms with E-state index in [0.29, 0.717) is 0 Å². The Balaban J connectivity index is 3.31. The number of nitrogens with zero attached hydrogens (tertiary/aromatic N) is 2. The molecule has 0 radical (unpaired) electrons. The van der Waals surface area contributed by atoms with E-state index in [1.165, 1.54) is 19.2 Å². The minimum absolute atomic E-state index is 0.0208. The second-order valence-corrected chi connectivity index (χ2v) is 2.76. The fourth-order valence-corrected chi connectivity index (χ4v) is 1.24. The minimum atomic E-state index is -4.44. The molecule has 1 aromatic heterocycles. The topological polar surface area (TPSA) is 36.7 Å². The lowest BCUT2D eigenvalue weighted by Gasteiger charge is -2.12. The van der Waals surface area contributed by atoms with E-state index in [0.717, 1.165) is 0 Å². The Morgan fingerprint density at radius 1 is 1.50 bits per heavy atom. The van der Waals surface area contributed by atoms with Crippen LogP contribution in [0.25, 0.3) is 0 Å². The number of hydrogen-bond donors (Lipinski definition) is 0. The van der Waals surface area contributed by atoms with Gasteiger partial charge in [0.15, 0.2) is 0 Å². The third-order valence-corrected chi connectivity index (χ3v) is 1.78. The molecule has 0 aliphatic carbocycles. The number of pyridine rings is 1. The molecule has 0 bridgehead atoms. The zero-order valence-electron chi connectivity index (χ0n) is 7.39. The van der Waals surface area contributed by atoms with Gasteiger partial charge in [-0.25, -0.2) is 0 Å². The summed E-state index contributed by atoms with van der Waals surface area (Å²) < 4.78 is 37.4. The van der Waals surface area contributed by atoms with Crippen LogP contribution in [-0.2, 0) is 12.6 Å². The van der Waals surface area contributed by atoms with Gasteiger partial charge in [0.1, 0.15) is 0 Å². The Kier molecular flexibility index (Phi) is 2.75. The molecule has 0 aliphatic heterocycles. The first-order chi connectivity index (χ1) is 6.46. The monoisotopic (exact) mass is 200 g/mol. The van der Waals surface area contributed by atoms with Gasteiger partial charge in [-0.2, -0.15) is 18.4 Å². The van der Waals surface area contributed by atoms with Crippen LogP contribution in [0.1, 0.15) is 16.8 Å². The van der Waals surface area contributed by atoms with Crippen molar-refractivity contribution in [2.24, 2.45) is 0 Å². The smallest absolute Gasteiger partial charge is 0.261 e. The molecule has 5 heteroatoms. The molecule has 1 heterocycles. The van der Waals surface area contributed by atoms with Crippen molar-refractivity contribution in [1.29, 1.82) is 5.26 Å². The highest BCUT2D eigenvalue weighted by atomic mass is 19.4. The van der Waals surface area contributed by atoms with Crippen molar-refractivity contribution in [2.45, 2.75) is 19.5 Å². The van der Waals surface area contributed by atoms with E-state index >= 15 is 0 Å². The van der Waals surface area contributed by atoms with Crippen LogP contribution in [0, 0.1) is 18.3 Å². The normalized spacial score (nSPS) is 11.1. The van der Waals surface area contributed by atoms with Crippen molar-refractivity contribution in [3.8, 4) is 6.07 Å². The first-order valence-electron chi connectivity index (χ1n) is 3.85. The lowest BCUT2D eigenvalue weighted by molar-refractivity contribution is -0.138. The van der Waals surface area contributed by atoms with Crippen molar-refractivity contribution in [3.05, 3.63) is 29.1 Å². The van der Waals surface area contributed by atoms with Crippen LogP contribution in [0.2, 0.25) is 0 Å². The molecule has 0 saturated carbocycles. The lowest BCUT2D eigenvalue weighted by Crippen LogP contribution is -2.12. The van der Waals surface area contributed by atoms with Gasteiger partial charge in [0, 0.05) is 11.9 Å². The Morgan fingerprint density at radius 3 is 2.64 bits per heavy atom. The molecule has 0 aliphatic rings. The molecule has 14 heavy (non-hydrogen) atoms. The molecular formula is C9H7F3N2. The number of aromatic nitrogens is 1. The molecule has 0 saturated heterocycles. The molecule has 0 amide bonds. The maximum absolute atomic E-state index is 12.5. The van der Waals surface area contributed by atoms with Gasteiger partial charge >= 0.3 is 6.18 Å². The number of nitriles is 1. The van der Waals surface area contributed by atoms with E-state index in [1.807, 2.05) is 0 Å². The highest BCUT2D eigenvalue weighted by Crippen LogP contribution is 2.33. The van der Waals surface area contributed by atoms with Gasteiger partial charge in [0.25, 0.3) is 0 Å². The quantitative estimate of drug-likeness (QED) is 0.698. The van der Waals surface area contributed by atoms with E-state index in [9.17, 15) is 13.2 Å². The standard InChI is InChI=1S/C9H7F3N2/c1-6-8(9(10,11)12)7(2-4-13)3-5-14-6/h3,5H,2H2,1H3. The average Bonchev–Trinajstić information content (AvgIpc) is 2.02.